The number of rotatable bonds is 10. The van der Waals surface area contributed by atoms with E-state index in [1.807, 2.05) is 0 Å². The van der Waals surface area contributed by atoms with E-state index in [-0.39, 0.29) is 30.4 Å². The van der Waals surface area contributed by atoms with Crippen LogP contribution in [0.4, 0.5) is 11.4 Å². The molecular weight excluding hydrogens is 448 g/mol. The van der Waals surface area contributed by atoms with Crippen molar-refractivity contribution in [1.82, 2.24) is 10.6 Å². The second-order valence-electron chi connectivity index (χ2n) is 8.17. The lowest BCUT2D eigenvalue weighted by Gasteiger charge is -2.12. The summed E-state index contributed by atoms with van der Waals surface area (Å²) in [6.45, 7) is 1.55. The largest absolute Gasteiger partial charge is 0.467 e. The van der Waals surface area contributed by atoms with Gasteiger partial charge in [-0.1, -0.05) is 6.07 Å². The molecule has 2 aromatic carbocycles. The number of furan rings is 1. The SMILES string of the molecule is O=C(CNc1cccc(C(=O)NCC2CCCO2)c1)Nc1ccc(C(=O)NCc2ccco2)cc1. The molecule has 1 fully saturated rings. The quantitative estimate of drug-likeness (QED) is 0.357. The van der Waals surface area contributed by atoms with E-state index in [0.29, 0.717) is 41.4 Å². The Hall–Kier alpha value is -4.11. The Morgan fingerprint density at radius 2 is 1.71 bits per heavy atom. The fourth-order valence-corrected chi connectivity index (χ4v) is 3.66. The average molecular weight is 477 g/mol. The zero-order valence-corrected chi connectivity index (χ0v) is 19.2. The molecule has 9 nitrogen and oxygen atoms in total. The molecular formula is C26H28N4O5. The summed E-state index contributed by atoms with van der Waals surface area (Å²) in [6.07, 6.45) is 3.61. The third-order valence-electron chi connectivity index (χ3n) is 5.53. The zero-order chi connectivity index (χ0) is 24.5. The Kier molecular flexibility index (Phi) is 8.13. The number of benzene rings is 2. The van der Waals surface area contributed by atoms with Gasteiger partial charge in [-0.15, -0.1) is 0 Å². The van der Waals surface area contributed by atoms with Crippen LogP contribution in [0, 0.1) is 0 Å². The molecule has 1 unspecified atom stereocenters. The lowest BCUT2D eigenvalue weighted by Crippen LogP contribution is -2.31. The van der Waals surface area contributed by atoms with Gasteiger partial charge in [0.2, 0.25) is 5.91 Å². The van der Waals surface area contributed by atoms with Gasteiger partial charge in [-0.2, -0.15) is 0 Å². The molecule has 0 radical (unpaired) electrons. The van der Waals surface area contributed by atoms with Crippen LogP contribution in [0.3, 0.4) is 0 Å². The molecule has 0 spiro atoms. The number of ether oxygens (including phenoxy) is 1. The molecule has 3 amide bonds. The lowest BCUT2D eigenvalue weighted by atomic mass is 10.1. The van der Waals surface area contributed by atoms with E-state index in [2.05, 4.69) is 21.3 Å². The van der Waals surface area contributed by atoms with Crippen molar-refractivity contribution in [3.63, 3.8) is 0 Å². The third-order valence-corrected chi connectivity index (χ3v) is 5.53. The molecule has 1 atom stereocenters. The van der Waals surface area contributed by atoms with E-state index in [4.69, 9.17) is 9.15 Å². The number of hydrogen-bond acceptors (Lipinski definition) is 6. The Morgan fingerprint density at radius 3 is 2.46 bits per heavy atom. The molecule has 0 aliphatic carbocycles. The van der Waals surface area contributed by atoms with Gasteiger partial charge in [0.05, 0.1) is 25.5 Å². The van der Waals surface area contributed by atoms with Crippen molar-refractivity contribution < 1.29 is 23.5 Å². The first-order valence-electron chi connectivity index (χ1n) is 11.5. The van der Waals surface area contributed by atoms with Crippen molar-refractivity contribution in [1.29, 1.82) is 0 Å². The molecule has 1 aromatic heterocycles. The Balaban J connectivity index is 1.21. The van der Waals surface area contributed by atoms with Crippen LogP contribution < -0.4 is 21.3 Å². The molecule has 4 rings (SSSR count). The molecule has 35 heavy (non-hydrogen) atoms. The number of amides is 3. The molecule has 1 saturated heterocycles. The first-order chi connectivity index (χ1) is 17.1. The topological polar surface area (TPSA) is 122 Å². The Labute approximate surface area is 203 Å². The minimum Gasteiger partial charge on any atom is -0.467 e. The van der Waals surface area contributed by atoms with Crippen LogP contribution >= 0.6 is 0 Å². The van der Waals surface area contributed by atoms with Gasteiger partial charge in [0.25, 0.3) is 11.8 Å². The minimum absolute atomic E-state index is 0.0202. The normalized spacial score (nSPS) is 14.8. The van der Waals surface area contributed by atoms with E-state index in [1.54, 1.807) is 66.9 Å². The summed E-state index contributed by atoms with van der Waals surface area (Å²) in [4.78, 5) is 37.0. The van der Waals surface area contributed by atoms with Gasteiger partial charge in [-0.3, -0.25) is 14.4 Å². The van der Waals surface area contributed by atoms with Crippen LogP contribution in [-0.4, -0.2) is 43.5 Å². The van der Waals surface area contributed by atoms with Gasteiger partial charge in [0.15, 0.2) is 0 Å². The molecule has 1 aliphatic rings. The fourth-order valence-electron chi connectivity index (χ4n) is 3.66. The number of carbonyl (C=O) groups excluding carboxylic acids is 3. The highest BCUT2D eigenvalue weighted by Crippen LogP contribution is 2.14. The van der Waals surface area contributed by atoms with E-state index < -0.39 is 0 Å². The van der Waals surface area contributed by atoms with Crippen LogP contribution in [0.2, 0.25) is 0 Å². The summed E-state index contributed by atoms with van der Waals surface area (Å²) in [5, 5.41) is 11.5. The number of hydrogen-bond donors (Lipinski definition) is 4. The molecule has 0 bridgehead atoms. The second-order valence-corrected chi connectivity index (χ2v) is 8.17. The predicted molar refractivity (Wildman–Crippen MR) is 131 cm³/mol. The van der Waals surface area contributed by atoms with Crippen molar-refractivity contribution in [3.8, 4) is 0 Å². The minimum atomic E-state index is -0.256. The van der Waals surface area contributed by atoms with Crippen LogP contribution in [0.15, 0.2) is 71.3 Å². The average Bonchev–Trinajstić information content (AvgIpc) is 3.60. The molecule has 2 heterocycles. The van der Waals surface area contributed by atoms with Gasteiger partial charge >= 0.3 is 0 Å². The molecule has 1 aliphatic heterocycles. The molecule has 0 saturated carbocycles. The first kappa shape index (κ1) is 24.0. The summed E-state index contributed by atoms with van der Waals surface area (Å²) >= 11 is 0. The van der Waals surface area contributed by atoms with Crippen LogP contribution in [0.25, 0.3) is 0 Å². The number of carbonyl (C=O) groups is 3. The van der Waals surface area contributed by atoms with Gasteiger partial charge in [-0.05, 0) is 67.4 Å². The monoisotopic (exact) mass is 476 g/mol. The highest BCUT2D eigenvalue weighted by molar-refractivity contribution is 5.97. The summed E-state index contributed by atoms with van der Waals surface area (Å²) in [5.41, 5.74) is 2.21. The van der Waals surface area contributed by atoms with Gasteiger partial charge in [-0.25, -0.2) is 0 Å². The molecule has 4 N–H and O–H groups in total. The van der Waals surface area contributed by atoms with E-state index in [0.717, 1.165) is 19.4 Å². The predicted octanol–water partition coefficient (Wildman–Crippen LogP) is 3.17. The van der Waals surface area contributed by atoms with Crippen molar-refractivity contribution in [2.24, 2.45) is 0 Å². The van der Waals surface area contributed by atoms with E-state index >= 15 is 0 Å². The highest BCUT2D eigenvalue weighted by atomic mass is 16.5. The number of anilines is 2. The third kappa shape index (κ3) is 7.18. The highest BCUT2D eigenvalue weighted by Gasteiger charge is 2.17. The Morgan fingerprint density at radius 1 is 0.886 bits per heavy atom. The maximum atomic E-state index is 12.4. The van der Waals surface area contributed by atoms with Crippen molar-refractivity contribution >= 4 is 29.1 Å². The van der Waals surface area contributed by atoms with Crippen LogP contribution in [0.5, 0.6) is 0 Å². The van der Waals surface area contributed by atoms with Gasteiger partial charge < -0.3 is 30.4 Å². The zero-order valence-electron chi connectivity index (χ0n) is 19.2. The molecule has 3 aromatic rings. The first-order valence-corrected chi connectivity index (χ1v) is 11.5. The second kappa shape index (κ2) is 11.8. The van der Waals surface area contributed by atoms with Crippen molar-refractivity contribution in [2.75, 3.05) is 30.3 Å². The van der Waals surface area contributed by atoms with Crippen LogP contribution in [-0.2, 0) is 16.1 Å². The standard InChI is InChI=1S/C26H28N4O5/c31-24(30-20-10-8-18(9-11-20)25(32)28-15-22-6-2-12-34-22)17-27-21-5-1-4-19(14-21)26(33)29-16-23-7-3-13-35-23/h1-2,4-6,8-12,14,23,27H,3,7,13,15-17H2,(H,28,32)(H,29,33)(H,30,31). The molecule has 182 valence electrons. The van der Waals surface area contributed by atoms with Crippen LogP contribution in [0.1, 0.15) is 39.3 Å². The van der Waals surface area contributed by atoms with Gasteiger partial charge in [0.1, 0.15) is 5.76 Å². The van der Waals surface area contributed by atoms with Crippen molar-refractivity contribution in [2.45, 2.75) is 25.5 Å². The van der Waals surface area contributed by atoms with E-state index in [9.17, 15) is 14.4 Å². The maximum Gasteiger partial charge on any atom is 0.251 e. The maximum absolute atomic E-state index is 12.4. The van der Waals surface area contributed by atoms with E-state index in [1.165, 1.54) is 0 Å². The lowest BCUT2D eigenvalue weighted by molar-refractivity contribution is -0.114. The van der Waals surface area contributed by atoms with Crippen molar-refractivity contribution in [3.05, 3.63) is 83.8 Å². The smallest absolute Gasteiger partial charge is 0.251 e. The number of nitrogens with one attached hydrogen (secondary N) is 4. The summed E-state index contributed by atoms with van der Waals surface area (Å²) < 4.78 is 10.7. The molecule has 9 heteroatoms. The summed E-state index contributed by atoms with van der Waals surface area (Å²) in [7, 11) is 0. The fraction of sp³-hybridized carbons (Fsp3) is 0.269. The summed E-state index contributed by atoms with van der Waals surface area (Å²) in [5.74, 6) is -0.00431. The summed E-state index contributed by atoms with van der Waals surface area (Å²) in [6, 6.07) is 17.1. The van der Waals surface area contributed by atoms with Gasteiger partial charge in [0, 0.05) is 35.7 Å². The Bertz CT molecular complexity index is 1140.